The van der Waals surface area contributed by atoms with E-state index in [2.05, 4.69) is 20.5 Å². The molecular weight excluding hydrogens is 400 g/mol. The minimum Gasteiger partial charge on any atom is -0.371 e. The minimum atomic E-state index is -0.606. The average Bonchev–Trinajstić information content (AvgIpc) is 2.76. The van der Waals surface area contributed by atoms with Crippen LogP contribution in [0.5, 0.6) is 0 Å². The number of hydrogen-bond acceptors (Lipinski definition) is 4. The molecule has 2 N–H and O–H groups in total. The van der Waals surface area contributed by atoms with Gasteiger partial charge in [-0.1, -0.05) is 37.6 Å². The van der Waals surface area contributed by atoms with E-state index in [1.165, 1.54) is 5.69 Å². The summed E-state index contributed by atoms with van der Waals surface area (Å²) < 4.78 is 0. The topological polar surface area (TPSA) is 74.3 Å². The number of nitrogens with one attached hydrogen (secondary N) is 2. The second-order valence-electron chi connectivity index (χ2n) is 8.06. The second kappa shape index (κ2) is 10.4. The van der Waals surface area contributed by atoms with Crippen LogP contribution in [0.25, 0.3) is 0 Å². The lowest BCUT2D eigenvalue weighted by atomic mass is 9.95. The van der Waals surface area contributed by atoms with Crippen LogP contribution in [0.1, 0.15) is 37.0 Å². The van der Waals surface area contributed by atoms with Gasteiger partial charge in [0.15, 0.2) is 0 Å². The van der Waals surface area contributed by atoms with E-state index in [1.54, 1.807) is 24.3 Å². The first-order valence-corrected chi connectivity index (χ1v) is 10.8. The number of benzene rings is 1. The molecule has 3 rings (SSSR count). The largest absolute Gasteiger partial charge is 0.371 e. The van der Waals surface area contributed by atoms with Crippen molar-refractivity contribution in [1.29, 1.82) is 0 Å². The van der Waals surface area contributed by atoms with Crippen LogP contribution in [0.15, 0.2) is 48.8 Å². The highest BCUT2D eigenvalue weighted by molar-refractivity contribution is 6.33. The van der Waals surface area contributed by atoms with Gasteiger partial charge in [-0.25, -0.2) is 0 Å². The maximum Gasteiger partial charge on any atom is 0.253 e. The van der Waals surface area contributed by atoms with Crippen molar-refractivity contribution in [2.45, 2.75) is 32.7 Å². The predicted octanol–water partition coefficient (Wildman–Crippen LogP) is 3.52. The zero-order valence-corrected chi connectivity index (χ0v) is 18.2. The van der Waals surface area contributed by atoms with Gasteiger partial charge in [0.05, 0.1) is 10.6 Å². The van der Waals surface area contributed by atoms with Gasteiger partial charge in [-0.05, 0) is 48.9 Å². The van der Waals surface area contributed by atoms with Gasteiger partial charge in [-0.15, -0.1) is 0 Å². The van der Waals surface area contributed by atoms with Crippen molar-refractivity contribution in [2.24, 2.45) is 11.8 Å². The van der Waals surface area contributed by atoms with E-state index in [9.17, 15) is 9.59 Å². The van der Waals surface area contributed by atoms with Crippen LogP contribution < -0.4 is 15.5 Å². The van der Waals surface area contributed by atoms with E-state index >= 15 is 0 Å². The molecule has 1 aliphatic heterocycles. The summed E-state index contributed by atoms with van der Waals surface area (Å²) in [5.41, 5.74) is 1.57. The maximum absolute atomic E-state index is 12.8. The number of anilines is 1. The van der Waals surface area contributed by atoms with Gasteiger partial charge in [0, 0.05) is 37.7 Å². The molecule has 6 nitrogen and oxygen atoms in total. The molecule has 30 heavy (non-hydrogen) atoms. The van der Waals surface area contributed by atoms with Gasteiger partial charge < -0.3 is 15.5 Å². The van der Waals surface area contributed by atoms with E-state index in [0.29, 0.717) is 23.0 Å². The number of carbonyl (C=O) groups is 2. The maximum atomic E-state index is 12.8. The van der Waals surface area contributed by atoms with E-state index in [-0.39, 0.29) is 17.7 Å². The molecule has 1 fully saturated rings. The third kappa shape index (κ3) is 5.72. The first-order chi connectivity index (χ1) is 14.5. The Kier molecular flexibility index (Phi) is 7.69. The first kappa shape index (κ1) is 22.1. The zero-order valence-electron chi connectivity index (χ0n) is 17.5. The minimum absolute atomic E-state index is 0.0371. The first-order valence-electron chi connectivity index (χ1n) is 10.4. The van der Waals surface area contributed by atoms with E-state index in [4.69, 9.17) is 11.6 Å². The lowest BCUT2D eigenvalue weighted by Crippen LogP contribution is -2.51. The van der Waals surface area contributed by atoms with Crippen LogP contribution in [-0.2, 0) is 4.79 Å². The quantitative estimate of drug-likeness (QED) is 0.707. The average molecular weight is 429 g/mol. The van der Waals surface area contributed by atoms with Crippen LogP contribution in [0, 0.1) is 11.8 Å². The van der Waals surface area contributed by atoms with Crippen molar-refractivity contribution in [3.05, 3.63) is 59.4 Å². The molecule has 0 radical (unpaired) electrons. The molecule has 0 bridgehead atoms. The fourth-order valence-corrected chi connectivity index (χ4v) is 3.93. The Morgan fingerprint density at radius 3 is 2.43 bits per heavy atom. The number of carbonyl (C=O) groups excluding carboxylic acids is 2. The monoisotopic (exact) mass is 428 g/mol. The molecule has 2 amide bonds. The molecule has 160 valence electrons. The number of rotatable bonds is 7. The molecular formula is C23H29ClN4O2. The van der Waals surface area contributed by atoms with Crippen molar-refractivity contribution < 1.29 is 9.59 Å². The van der Waals surface area contributed by atoms with Gasteiger partial charge in [-0.2, -0.15) is 0 Å². The third-order valence-electron chi connectivity index (χ3n) is 5.56. The Bertz CT molecular complexity index is 851. The van der Waals surface area contributed by atoms with Crippen LogP contribution in [-0.4, -0.2) is 42.5 Å². The lowest BCUT2D eigenvalue weighted by Gasteiger charge is -2.34. The molecule has 2 aromatic rings. The smallest absolute Gasteiger partial charge is 0.253 e. The van der Waals surface area contributed by atoms with E-state index in [1.807, 2.05) is 38.4 Å². The van der Waals surface area contributed by atoms with Gasteiger partial charge in [0.2, 0.25) is 5.91 Å². The predicted molar refractivity (Wildman–Crippen MR) is 120 cm³/mol. The molecule has 1 unspecified atom stereocenters. The molecule has 2 heterocycles. The van der Waals surface area contributed by atoms with E-state index < -0.39 is 6.04 Å². The summed E-state index contributed by atoms with van der Waals surface area (Å²) in [4.78, 5) is 31.8. The Morgan fingerprint density at radius 2 is 1.80 bits per heavy atom. The molecule has 1 saturated heterocycles. The number of hydrogen-bond donors (Lipinski definition) is 2. The molecule has 0 aliphatic carbocycles. The molecule has 1 atom stereocenters. The van der Waals surface area contributed by atoms with Gasteiger partial charge >= 0.3 is 0 Å². The molecule has 1 aromatic heterocycles. The standard InChI is InChI=1S/C23H29ClN4O2/c1-16(2)21(27-22(29)19-5-3-4-6-20(19)24)23(30)26-15-17-9-13-28(14-10-17)18-7-11-25-12-8-18/h3-8,11-12,16-17,21H,9-10,13-15H2,1-2H3,(H,26,30)(H,27,29). The number of piperidine rings is 1. The number of amides is 2. The molecule has 1 aromatic carbocycles. The molecule has 1 aliphatic rings. The fraction of sp³-hybridized carbons (Fsp3) is 0.435. The molecule has 7 heteroatoms. The van der Waals surface area contributed by atoms with Crippen molar-refractivity contribution in [3.63, 3.8) is 0 Å². The molecule has 0 spiro atoms. The summed E-state index contributed by atoms with van der Waals surface area (Å²) in [5, 5.41) is 6.26. The highest BCUT2D eigenvalue weighted by Gasteiger charge is 2.27. The van der Waals surface area contributed by atoms with Gasteiger partial charge in [0.1, 0.15) is 6.04 Å². The van der Waals surface area contributed by atoms with Crippen LogP contribution in [0.4, 0.5) is 5.69 Å². The Morgan fingerprint density at radius 1 is 1.13 bits per heavy atom. The summed E-state index contributed by atoms with van der Waals surface area (Å²) in [5.74, 6) is -0.0915. The summed E-state index contributed by atoms with van der Waals surface area (Å²) in [6.07, 6.45) is 5.65. The highest BCUT2D eigenvalue weighted by atomic mass is 35.5. The van der Waals surface area contributed by atoms with Crippen molar-refractivity contribution in [2.75, 3.05) is 24.5 Å². The summed E-state index contributed by atoms with van der Waals surface area (Å²) in [7, 11) is 0. The number of nitrogens with zero attached hydrogens (tertiary/aromatic N) is 2. The van der Waals surface area contributed by atoms with Gasteiger partial charge in [0.25, 0.3) is 5.91 Å². The molecule has 0 saturated carbocycles. The van der Waals surface area contributed by atoms with Crippen molar-refractivity contribution in [1.82, 2.24) is 15.6 Å². The highest BCUT2D eigenvalue weighted by Crippen LogP contribution is 2.22. The van der Waals surface area contributed by atoms with E-state index in [0.717, 1.165) is 25.9 Å². The number of halogens is 1. The Hall–Kier alpha value is -2.60. The second-order valence-corrected chi connectivity index (χ2v) is 8.46. The third-order valence-corrected chi connectivity index (χ3v) is 5.89. The van der Waals surface area contributed by atoms with Crippen molar-refractivity contribution >= 4 is 29.1 Å². The number of aromatic nitrogens is 1. The number of pyridine rings is 1. The summed E-state index contributed by atoms with van der Waals surface area (Å²) in [6.45, 7) is 6.38. The SMILES string of the molecule is CC(C)C(NC(=O)c1ccccc1Cl)C(=O)NCC1CCN(c2ccncc2)CC1. The zero-order chi connectivity index (χ0) is 21.5. The Balaban J connectivity index is 1.50. The normalized spacial score (nSPS) is 15.7. The van der Waals surface area contributed by atoms with Crippen LogP contribution >= 0.6 is 11.6 Å². The van der Waals surface area contributed by atoms with Crippen molar-refractivity contribution in [3.8, 4) is 0 Å². The fourth-order valence-electron chi connectivity index (χ4n) is 3.70. The Labute approximate surface area is 183 Å². The lowest BCUT2D eigenvalue weighted by molar-refractivity contribution is -0.124. The summed E-state index contributed by atoms with van der Waals surface area (Å²) >= 11 is 6.11. The van der Waals surface area contributed by atoms with Crippen LogP contribution in [0.2, 0.25) is 5.02 Å². The van der Waals surface area contributed by atoms with Crippen LogP contribution in [0.3, 0.4) is 0 Å². The van der Waals surface area contributed by atoms with Gasteiger partial charge in [-0.3, -0.25) is 14.6 Å². The summed E-state index contributed by atoms with van der Waals surface area (Å²) in [6, 6.07) is 10.3.